The van der Waals surface area contributed by atoms with Gasteiger partial charge in [-0.2, -0.15) is 0 Å². The summed E-state index contributed by atoms with van der Waals surface area (Å²) >= 11 is 0. The molecule has 0 amide bonds. The van der Waals surface area contributed by atoms with Crippen molar-refractivity contribution in [2.75, 3.05) is 0 Å². The second-order valence-corrected chi connectivity index (χ2v) is 7.10. The standard InChI is InChI=1S/C15H24N4/c1-2-19-14(13(9-16)17-18-19)15-6-10-3-11(7-15)5-12(4-10)8-15/h10-12H,2-9,16H2,1H3. The maximum atomic E-state index is 5.92. The molecule has 4 aliphatic carbocycles. The molecule has 0 saturated heterocycles. The fourth-order valence-corrected chi connectivity index (χ4v) is 5.69. The van der Waals surface area contributed by atoms with Crippen molar-refractivity contribution >= 4 is 0 Å². The zero-order valence-electron chi connectivity index (χ0n) is 11.8. The van der Waals surface area contributed by atoms with E-state index in [1.165, 1.54) is 44.2 Å². The summed E-state index contributed by atoms with van der Waals surface area (Å²) < 4.78 is 2.13. The summed E-state index contributed by atoms with van der Waals surface area (Å²) in [5.41, 5.74) is 8.74. The van der Waals surface area contributed by atoms with Gasteiger partial charge in [-0.1, -0.05) is 5.21 Å². The third-order valence-corrected chi connectivity index (χ3v) is 5.84. The van der Waals surface area contributed by atoms with Crippen molar-refractivity contribution in [2.24, 2.45) is 23.5 Å². The van der Waals surface area contributed by atoms with Crippen LogP contribution < -0.4 is 5.73 Å². The number of hydrogen-bond donors (Lipinski definition) is 1. The van der Waals surface area contributed by atoms with Crippen molar-refractivity contribution in [3.8, 4) is 0 Å². The Bertz CT molecular complexity index is 434. The summed E-state index contributed by atoms with van der Waals surface area (Å²) in [5.74, 6) is 2.87. The molecule has 4 aliphatic rings. The van der Waals surface area contributed by atoms with Crippen LogP contribution in [0.4, 0.5) is 0 Å². The minimum atomic E-state index is 0.364. The van der Waals surface area contributed by atoms with Gasteiger partial charge in [-0.25, -0.2) is 4.68 Å². The van der Waals surface area contributed by atoms with Gasteiger partial charge in [0.15, 0.2) is 0 Å². The van der Waals surface area contributed by atoms with Crippen LogP contribution in [-0.4, -0.2) is 15.0 Å². The first-order valence-corrected chi connectivity index (χ1v) is 7.87. The predicted octanol–water partition coefficient (Wildman–Crippen LogP) is 2.22. The van der Waals surface area contributed by atoms with Crippen molar-refractivity contribution in [3.05, 3.63) is 11.4 Å². The topological polar surface area (TPSA) is 56.7 Å². The molecule has 104 valence electrons. The van der Waals surface area contributed by atoms with Gasteiger partial charge in [0.05, 0.1) is 11.4 Å². The third-order valence-electron chi connectivity index (χ3n) is 5.84. The van der Waals surface area contributed by atoms with Crippen LogP contribution in [0.15, 0.2) is 0 Å². The maximum Gasteiger partial charge on any atom is 0.1000 e. The largest absolute Gasteiger partial charge is 0.325 e. The second kappa shape index (κ2) is 4.05. The van der Waals surface area contributed by atoms with Gasteiger partial charge < -0.3 is 5.73 Å². The minimum Gasteiger partial charge on any atom is -0.325 e. The van der Waals surface area contributed by atoms with Crippen molar-refractivity contribution < 1.29 is 0 Å². The molecule has 1 heterocycles. The molecule has 4 fully saturated rings. The first-order valence-electron chi connectivity index (χ1n) is 7.87. The average Bonchev–Trinajstić information content (AvgIpc) is 2.80. The van der Waals surface area contributed by atoms with Crippen molar-refractivity contribution in [1.29, 1.82) is 0 Å². The zero-order valence-corrected chi connectivity index (χ0v) is 11.8. The lowest BCUT2D eigenvalue weighted by molar-refractivity contribution is -0.00965. The van der Waals surface area contributed by atoms with Gasteiger partial charge in [0.25, 0.3) is 0 Å². The van der Waals surface area contributed by atoms with E-state index in [2.05, 4.69) is 21.9 Å². The van der Waals surface area contributed by atoms with Crippen LogP contribution in [0.3, 0.4) is 0 Å². The molecule has 4 nitrogen and oxygen atoms in total. The first kappa shape index (κ1) is 11.9. The second-order valence-electron chi connectivity index (χ2n) is 7.10. The minimum absolute atomic E-state index is 0.364. The lowest BCUT2D eigenvalue weighted by Crippen LogP contribution is -2.50. The molecule has 0 radical (unpaired) electrons. The predicted molar refractivity (Wildman–Crippen MR) is 73.4 cm³/mol. The number of nitrogens with zero attached hydrogens (tertiary/aromatic N) is 3. The van der Waals surface area contributed by atoms with Gasteiger partial charge in [0.1, 0.15) is 0 Å². The molecule has 0 aromatic carbocycles. The molecule has 4 bridgehead atoms. The van der Waals surface area contributed by atoms with E-state index < -0.39 is 0 Å². The van der Waals surface area contributed by atoms with Crippen LogP contribution in [-0.2, 0) is 18.5 Å². The summed E-state index contributed by atoms with van der Waals surface area (Å²) in [6.45, 7) is 3.63. The Hall–Kier alpha value is -0.900. The van der Waals surface area contributed by atoms with E-state index in [9.17, 15) is 0 Å². The number of hydrogen-bond acceptors (Lipinski definition) is 3. The molecule has 19 heavy (non-hydrogen) atoms. The maximum absolute atomic E-state index is 5.92. The van der Waals surface area contributed by atoms with E-state index in [1.807, 2.05) is 0 Å². The molecular formula is C15H24N4. The molecule has 4 saturated carbocycles. The molecule has 1 aromatic heterocycles. The Morgan fingerprint density at radius 3 is 2.21 bits per heavy atom. The fourth-order valence-electron chi connectivity index (χ4n) is 5.69. The highest BCUT2D eigenvalue weighted by Crippen LogP contribution is 2.60. The summed E-state index contributed by atoms with van der Waals surface area (Å²) in [7, 11) is 0. The summed E-state index contributed by atoms with van der Waals surface area (Å²) in [4.78, 5) is 0. The van der Waals surface area contributed by atoms with Crippen LogP contribution in [0.1, 0.15) is 56.8 Å². The summed E-state index contributed by atoms with van der Waals surface area (Å²) in [5, 5.41) is 8.70. The Labute approximate surface area is 114 Å². The molecule has 2 N–H and O–H groups in total. The van der Waals surface area contributed by atoms with Crippen molar-refractivity contribution in [1.82, 2.24) is 15.0 Å². The number of aryl methyl sites for hydroxylation is 1. The lowest BCUT2D eigenvalue weighted by atomic mass is 9.48. The van der Waals surface area contributed by atoms with Gasteiger partial charge in [-0.3, -0.25) is 0 Å². The van der Waals surface area contributed by atoms with E-state index in [-0.39, 0.29) is 0 Å². The Balaban J connectivity index is 1.81. The summed E-state index contributed by atoms with van der Waals surface area (Å²) in [6.07, 6.45) is 8.51. The SMILES string of the molecule is CCn1nnc(CN)c1C12CC3CC(CC(C3)C1)C2. The Morgan fingerprint density at radius 2 is 1.74 bits per heavy atom. The molecular weight excluding hydrogens is 236 g/mol. The van der Waals surface area contributed by atoms with Crippen LogP contribution in [0, 0.1) is 17.8 Å². The van der Waals surface area contributed by atoms with Crippen molar-refractivity contribution in [2.45, 2.75) is 64.0 Å². The quantitative estimate of drug-likeness (QED) is 0.906. The molecule has 4 heteroatoms. The molecule has 0 aliphatic heterocycles. The van der Waals surface area contributed by atoms with Crippen LogP contribution >= 0.6 is 0 Å². The molecule has 0 atom stereocenters. The van der Waals surface area contributed by atoms with Gasteiger partial charge in [-0.05, 0) is 63.2 Å². The monoisotopic (exact) mass is 260 g/mol. The first-order chi connectivity index (χ1) is 9.24. The average molecular weight is 260 g/mol. The van der Waals surface area contributed by atoms with E-state index in [0.29, 0.717) is 12.0 Å². The van der Waals surface area contributed by atoms with Crippen molar-refractivity contribution in [3.63, 3.8) is 0 Å². The van der Waals surface area contributed by atoms with Gasteiger partial charge >= 0.3 is 0 Å². The fraction of sp³-hybridized carbons (Fsp3) is 0.867. The third kappa shape index (κ3) is 1.62. The zero-order chi connectivity index (χ0) is 13.0. The van der Waals surface area contributed by atoms with E-state index >= 15 is 0 Å². The van der Waals surface area contributed by atoms with Gasteiger partial charge in [0, 0.05) is 18.5 Å². The normalized spacial score (nSPS) is 40.0. The number of nitrogens with two attached hydrogens (primary N) is 1. The highest BCUT2D eigenvalue weighted by Gasteiger charge is 2.53. The van der Waals surface area contributed by atoms with Crippen LogP contribution in [0.25, 0.3) is 0 Å². The van der Waals surface area contributed by atoms with Crippen LogP contribution in [0.5, 0.6) is 0 Å². The highest BCUT2D eigenvalue weighted by atomic mass is 15.4. The molecule has 0 spiro atoms. The van der Waals surface area contributed by atoms with Crippen LogP contribution in [0.2, 0.25) is 0 Å². The van der Waals surface area contributed by atoms with E-state index in [4.69, 9.17) is 5.73 Å². The Morgan fingerprint density at radius 1 is 1.16 bits per heavy atom. The van der Waals surface area contributed by atoms with E-state index in [0.717, 1.165) is 30.0 Å². The van der Waals surface area contributed by atoms with Gasteiger partial charge in [0.2, 0.25) is 0 Å². The Kier molecular flexibility index (Phi) is 2.53. The smallest absolute Gasteiger partial charge is 0.1000 e. The number of aromatic nitrogens is 3. The summed E-state index contributed by atoms with van der Waals surface area (Å²) in [6, 6.07) is 0. The molecule has 5 rings (SSSR count). The lowest BCUT2D eigenvalue weighted by Gasteiger charge is -2.56. The molecule has 1 aromatic rings. The van der Waals surface area contributed by atoms with E-state index in [1.54, 1.807) is 0 Å². The number of rotatable bonds is 3. The molecule has 0 unspecified atom stereocenters. The highest BCUT2D eigenvalue weighted by molar-refractivity contribution is 5.27. The van der Waals surface area contributed by atoms with Gasteiger partial charge in [-0.15, -0.1) is 5.10 Å².